The number of alkyl halides is 1. The third kappa shape index (κ3) is 3.88. The van der Waals surface area contributed by atoms with Gasteiger partial charge in [0.05, 0.1) is 12.5 Å². The lowest BCUT2D eigenvalue weighted by molar-refractivity contribution is 0.339. The third-order valence-corrected chi connectivity index (χ3v) is 3.32. The Labute approximate surface area is 126 Å². The van der Waals surface area contributed by atoms with Gasteiger partial charge in [0.15, 0.2) is 0 Å². The quantitative estimate of drug-likeness (QED) is 0.680. The minimum Gasteiger partial charge on any atom is -0.494 e. The van der Waals surface area contributed by atoms with Crippen LogP contribution in [0.1, 0.15) is 12.5 Å². The molecule has 2 rings (SSSR count). The molecule has 2 aromatic carbocycles. The van der Waals surface area contributed by atoms with Crippen LogP contribution in [-0.4, -0.2) is 6.61 Å². The zero-order valence-electron chi connectivity index (χ0n) is 10.5. The van der Waals surface area contributed by atoms with E-state index in [1.54, 1.807) is 0 Å². The molecule has 0 amide bonds. The summed E-state index contributed by atoms with van der Waals surface area (Å²) in [6, 6.07) is 13.3. The molecule has 0 aliphatic rings. The summed E-state index contributed by atoms with van der Waals surface area (Å²) in [6.45, 7) is 2.61. The van der Waals surface area contributed by atoms with Crippen molar-refractivity contribution < 1.29 is 9.47 Å². The molecule has 0 unspecified atom stereocenters. The Balaban J connectivity index is 2.18. The zero-order valence-corrected chi connectivity index (χ0v) is 12.9. The number of benzene rings is 2. The Morgan fingerprint density at radius 3 is 2.37 bits per heavy atom. The van der Waals surface area contributed by atoms with Gasteiger partial charge in [0.25, 0.3) is 0 Å². The van der Waals surface area contributed by atoms with Crippen molar-refractivity contribution in [2.45, 2.75) is 12.8 Å². The number of hydrogen-bond donors (Lipinski definition) is 0. The maximum atomic E-state index is 5.90. The summed E-state index contributed by atoms with van der Waals surface area (Å²) in [4.78, 5) is 0. The van der Waals surface area contributed by atoms with E-state index in [4.69, 9.17) is 21.1 Å². The fraction of sp³-hybridized carbons (Fsp3) is 0.200. The highest BCUT2D eigenvalue weighted by Crippen LogP contribution is 2.30. The van der Waals surface area contributed by atoms with Gasteiger partial charge in [-0.3, -0.25) is 0 Å². The van der Waals surface area contributed by atoms with E-state index in [2.05, 4.69) is 15.9 Å². The van der Waals surface area contributed by atoms with E-state index in [1.807, 2.05) is 49.4 Å². The zero-order chi connectivity index (χ0) is 13.7. The molecule has 0 saturated carbocycles. The molecular formula is C15H14BrClO2. The van der Waals surface area contributed by atoms with Gasteiger partial charge >= 0.3 is 0 Å². The van der Waals surface area contributed by atoms with Gasteiger partial charge in [-0.25, -0.2) is 0 Å². The van der Waals surface area contributed by atoms with Crippen molar-refractivity contribution in [3.63, 3.8) is 0 Å². The van der Waals surface area contributed by atoms with Crippen molar-refractivity contribution in [1.29, 1.82) is 0 Å². The monoisotopic (exact) mass is 340 g/mol. The SMILES string of the molecule is CCOc1ccc(Oc2cc(Br)ccc2CCl)cc1. The Morgan fingerprint density at radius 1 is 1.05 bits per heavy atom. The fourth-order valence-electron chi connectivity index (χ4n) is 1.63. The highest BCUT2D eigenvalue weighted by Gasteiger charge is 2.05. The lowest BCUT2D eigenvalue weighted by Crippen LogP contribution is -1.92. The molecule has 0 heterocycles. The van der Waals surface area contributed by atoms with Crippen LogP contribution >= 0.6 is 27.5 Å². The van der Waals surface area contributed by atoms with Crippen LogP contribution in [0.2, 0.25) is 0 Å². The summed E-state index contributed by atoms with van der Waals surface area (Å²) in [5.74, 6) is 2.77. The van der Waals surface area contributed by atoms with Crippen molar-refractivity contribution in [1.82, 2.24) is 0 Å². The van der Waals surface area contributed by atoms with Crippen LogP contribution in [0.15, 0.2) is 46.9 Å². The summed E-state index contributed by atoms with van der Waals surface area (Å²) in [6.07, 6.45) is 0. The summed E-state index contributed by atoms with van der Waals surface area (Å²) in [7, 11) is 0. The van der Waals surface area contributed by atoms with E-state index < -0.39 is 0 Å². The maximum Gasteiger partial charge on any atom is 0.132 e. The first-order valence-corrected chi connectivity index (χ1v) is 7.30. The second kappa shape index (κ2) is 6.83. The largest absolute Gasteiger partial charge is 0.494 e. The molecule has 0 fully saturated rings. The van der Waals surface area contributed by atoms with Crippen molar-refractivity contribution in [2.24, 2.45) is 0 Å². The van der Waals surface area contributed by atoms with Crippen molar-refractivity contribution in [3.8, 4) is 17.2 Å². The molecule has 0 aliphatic carbocycles. The smallest absolute Gasteiger partial charge is 0.132 e. The Kier molecular flexibility index (Phi) is 5.11. The molecule has 0 bridgehead atoms. The maximum absolute atomic E-state index is 5.90. The first-order chi connectivity index (χ1) is 9.22. The van der Waals surface area contributed by atoms with Crippen LogP contribution in [0.3, 0.4) is 0 Å². The van der Waals surface area contributed by atoms with E-state index in [1.165, 1.54) is 0 Å². The molecule has 0 spiro atoms. The normalized spacial score (nSPS) is 10.3. The summed E-state index contributed by atoms with van der Waals surface area (Å²) >= 11 is 9.33. The van der Waals surface area contributed by atoms with Gasteiger partial charge in [-0.05, 0) is 43.3 Å². The predicted molar refractivity (Wildman–Crippen MR) is 81.4 cm³/mol. The van der Waals surface area contributed by atoms with E-state index in [-0.39, 0.29) is 0 Å². The summed E-state index contributed by atoms with van der Waals surface area (Å²) < 4.78 is 12.2. The van der Waals surface area contributed by atoms with Gasteiger partial charge < -0.3 is 9.47 Å². The van der Waals surface area contributed by atoms with E-state index in [9.17, 15) is 0 Å². The minimum absolute atomic E-state index is 0.416. The summed E-state index contributed by atoms with van der Waals surface area (Å²) in [5.41, 5.74) is 0.957. The first-order valence-electron chi connectivity index (χ1n) is 5.98. The van der Waals surface area contributed by atoms with Crippen LogP contribution in [-0.2, 0) is 5.88 Å². The van der Waals surface area contributed by atoms with Crippen LogP contribution < -0.4 is 9.47 Å². The highest BCUT2D eigenvalue weighted by molar-refractivity contribution is 9.10. The molecule has 100 valence electrons. The predicted octanol–water partition coefficient (Wildman–Crippen LogP) is 5.38. The molecule has 0 radical (unpaired) electrons. The van der Waals surface area contributed by atoms with Gasteiger partial charge in [-0.2, -0.15) is 0 Å². The molecule has 2 nitrogen and oxygen atoms in total. The third-order valence-electron chi connectivity index (χ3n) is 2.54. The van der Waals surface area contributed by atoms with Crippen molar-refractivity contribution in [2.75, 3.05) is 6.61 Å². The van der Waals surface area contributed by atoms with Crippen LogP contribution in [0.4, 0.5) is 0 Å². The molecule has 0 aromatic heterocycles. The Morgan fingerprint density at radius 2 is 1.74 bits per heavy atom. The van der Waals surface area contributed by atoms with Crippen molar-refractivity contribution >= 4 is 27.5 Å². The lowest BCUT2D eigenvalue weighted by Gasteiger charge is -2.11. The van der Waals surface area contributed by atoms with Gasteiger partial charge in [0.2, 0.25) is 0 Å². The van der Waals surface area contributed by atoms with Crippen LogP contribution in [0, 0.1) is 0 Å². The molecule has 2 aromatic rings. The minimum atomic E-state index is 0.416. The summed E-state index contributed by atoms with van der Waals surface area (Å²) in [5, 5.41) is 0. The van der Waals surface area contributed by atoms with Gasteiger partial charge in [0.1, 0.15) is 17.2 Å². The van der Waals surface area contributed by atoms with Crippen molar-refractivity contribution in [3.05, 3.63) is 52.5 Å². The Bertz CT molecular complexity index is 540. The average Bonchev–Trinajstić information content (AvgIpc) is 2.42. The van der Waals surface area contributed by atoms with Gasteiger partial charge in [0, 0.05) is 10.0 Å². The highest BCUT2D eigenvalue weighted by atomic mass is 79.9. The molecule has 0 aliphatic heterocycles. The number of halogens is 2. The standard InChI is InChI=1S/C15H14BrClO2/c1-2-18-13-5-7-14(8-6-13)19-15-9-12(16)4-3-11(15)10-17/h3-9H,2,10H2,1H3. The average molecular weight is 342 g/mol. The number of hydrogen-bond acceptors (Lipinski definition) is 2. The van der Waals surface area contributed by atoms with Gasteiger partial charge in [-0.1, -0.05) is 22.0 Å². The lowest BCUT2D eigenvalue weighted by atomic mass is 10.2. The first kappa shape index (κ1) is 14.2. The molecule has 19 heavy (non-hydrogen) atoms. The number of ether oxygens (including phenoxy) is 2. The van der Waals surface area contributed by atoms with E-state index in [0.29, 0.717) is 12.5 Å². The topological polar surface area (TPSA) is 18.5 Å². The second-order valence-corrected chi connectivity index (χ2v) is 5.08. The molecule has 0 saturated heterocycles. The van der Waals surface area contributed by atoms with Crippen LogP contribution in [0.25, 0.3) is 0 Å². The van der Waals surface area contributed by atoms with E-state index in [0.717, 1.165) is 27.3 Å². The molecular weight excluding hydrogens is 328 g/mol. The number of rotatable bonds is 5. The molecule has 0 N–H and O–H groups in total. The molecule has 4 heteroatoms. The fourth-order valence-corrected chi connectivity index (χ4v) is 2.19. The van der Waals surface area contributed by atoms with Crippen LogP contribution in [0.5, 0.6) is 17.2 Å². The van der Waals surface area contributed by atoms with Gasteiger partial charge in [-0.15, -0.1) is 11.6 Å². The Hall–Kier alpha value is -1.19. The second-order valence-electron chi connectivity index (χ2n) is 3.89. The molecule has 0 atom stereocenters. The van der Waals surface area contributed by atoms with E-state index >= 15 is 0 Å².